The Morgan fingerprint density at radius 2 is 1.84 bits per heavy atom. The first-order valence-corrected chi connectivity index (χ1v) is 8.73. The molecule has 2 nitrogen and oxygen atoms in total. The molecule has 3 rings (SSSR count). The van der Waals surface area contributed by atoms with Crippen molar-refractivity contribution in [3.63, 3.8) is 0 Å². The third-order valence-electron chi connectivity index (χ3n) is 3.82. The fraction of sp³-hybridized carbons (Fsp3) is 0.150. The summed E-state index contributed by atoms with van der Waals surface area (Å²) in [5.74, 6) is -1.44. The highest BCUT2D eigenvalue weighted by atomic mass is 32.1. The Hall–Kier alpha value is -2.53. The van der Waals surface area contributed by atoms with E-state index in [-0.39, 0.29) is 11.4 Å². The summed E-state index contributed by atoms with van der Waals surface area (Å²) in [5.41, 5.74) is 1.16. The summed E-state index contributed by atoms with van der Waals surface area (Å²) in [6.45, 7) is 2.46. The zero-order valence-corrected chi connectivity index (χ0v) is 14.5. The third kappa shape index (κ3) is 4.31. The third-order valence-corrected chi connectivity index (χ3v) is 4.88. The number of halogens is 2. The second-order valence-corrected chi connectivity index (χ2v) is 7.10. The molecule has 2 aromatic carbocycles. The van der Waals surface area contributed by atoms with Crippen molar-refractivity contribution in [1.82, 2.24) is 5.32 Å². The fourth-order valence-electron chi connectivity index (χ4n) is 2.56. The van der Waals surface area contributed by atoms with E-state index < -0.39 is 11.7 Å². The van der Waals surface area contributed by atoms with Gasteiger partial charge < -0.3 is 5.32 Å². The summed E-state index contributed by atoms with van der Waals surface area (Å²) in [5, 5.41) is 2.74. The number of benzene rings is 2. The van der Waals surface area contributed by atoms with Gasteiger partial charge in [-0.3, -0.25) is 4.79 Å². The quantitative estimate of drug-likeness (QED) is 0.686. The van der Waals surface area contributed by atoms with Gasteiger partial charge in [-0.15, -0.1) is 11.3 Å². The maximum atomic E-state index is 14.0. The first kappa shape index (κ1) is 17.3. The molecule has 0 aliphatic rings. The molecule has 1 amide bonds. The van der Waals surface area contributed by atoms with Crippen molar-refractivity contribution in [2.45, 2.75) is 13.3 Å². The van der Waals surface area contributed by atoms with Gasteiger partial charge in [0, 0.05) is 16.3 Å². The summed E-state index contributed by atoms with van der Waals surface area (Å²) < 4.78 is 27.4. The van der Waals surface area contributed by atoms with Crippen molar-refractivity contribution in [3.05, 3.63) is 81.5 Å². The van der Waals surface area contributed by atoms with Gasteiger partial charge in [0.15, 0.2) is 0 Å². The van der Waals surface area contributed by atoms with E-state index in [9.17, 15) is 13.6 Å². The Kier molecular flexibility index (Phi) is 5.24. The number of aryl methyl sites for hydroxylation is 1. The lowest BCUT2D eigenvalue weighted by molar-refractivity contribution is 0.0950. The van der Waals surface area contributed by atoms with Gasteiger partial charge in [0.1, 0.15) is 11.6 Å². The molecule has 0 aliphatic heterocycles. The Morgan fingerprint density at radius 3 is 2.56 bits per heavy atom. The number of hydrogen-bond acceptors (Lipinski definition) is 2. The molecule has 0 atom stereocenters. The number of rotatable bonds is 5. The molecule has 0 radical (unpaired) electrons. The lowest BCUT2D eigenvalue weighted by Gasteiger charge is -2.08. The van der Waals surface area contributed by atoms with E-state index in [1.54, 1.807) is 23.5 Å². The second-order valence-electron chi connectivity index (χ2n) is 5.72. The smallest absolute Gasteiger partial charge is 0.254 e. The molecule has 128 valence electrons. The average molecular weight is 357 g/mol. The zero-order valence-electron chi connectivity index (χ0n) is 13.7. The van der Waals surface area contributed by atoms with E-state index >= 15 is 0 Å². The standard InChI is InChI=1S/C20H17F2NOS/c1-13-5-7-17(25-13)9-10-23-20(24)18-12-15(6-8-19(18)22)14-3-2-4-16(21)11-14/h2-8,11-12H,9-10H2,1H3,(H,23,24). The lowest BCUT2D eigenvalue weighted by atomic mass is 10.0. The molecule has 0 aliphatic carbocycles. The summed E-state index contributed by atoms with van der Waals surface area (Å²) >= 11 is 1.68. The Balaban J connectivity index is 1.72. The predicted molar refractivity (Wildman–Crippen MR) is 96.9 cm³/mol. The summed E-state index contributed by atoms with van der Waals surface area (Å²) in [6, 6.07) is 14.3. The Bertz CT molecular complexity index is 904. The van der Waals surface area contributed by atoms with Crippen LogP contribution in [0, 0.1) is 18.6 Å². The number of amides is 1. The summed E-state index contributed by atoms with van der Waals surface area (Å²) in [6.07, 6.45) is 0.704. The molecular formula is C20H17F2NOS. The highest BCUT2D eigenvalue weighted by molar-refractivity contribution is 7.11. The van der Waals surface area contributed by atoms with Crippen LogP contribution in [0.5, 0.6) is 0 Å². The molecule has 0 saturated heterocycles. The maximum Gasteiger partial charge on any atom is 0.254 e. The molecule has 0 fully saturated rings. The first-order valence-electron chi connectivity index (χ1n) is 7.92. The molecule has 0 saturated carbocycles. The van der Waals surface area contributed by atoms with Gasteiger partial charge in [0.2, 0.25) is 0 Å². The number of carbonyl (C=O) groups is 1. The van der Waals surface area contributed by atoms with Crippen molar-refractivity contribution in [3.8, 4) is 11.1 Å². The highest BCUT2D eigenvalue weighted by Gasteiger charge is 2.13. The van der Waals surface area contributed by atoms with Crippen LogP contribution in [0.4, 0.5) is 8.78 Å². The van der Waals surface area contributed by atoms with Crippen molar-refractivity contribution in [1.29, 1.82) is 0 Å². The van der Waals surface area contributed by atoms with E-state index in [2.05, 4.69) is 5.32 Å². The number of nitrogens with one attached hydrogen (secondary N) is 1. The molecule has 0 unspecified atom stereocenters. The van der Waals surface area contributed by atoms with Crippen LogP contribution in [0.2, 0.25) is 0 Å². The van der Waals surface area contributed by atoms with E-state index in [0.29, 0.717) is 24.1 Å². The summed E-state index contributed by atoms with van der Waals surface area (Å²) in [7, 11) is 0. The van der Waals surface area contributed by atoms with Gasteiger partial charge in [-0.25, -0.2) is 8.78 Å². The van der Waals surface area contributed by atoms with Gasteiger partial charge in [0.05, 0.1) is 5.56 Å². The van der Waals surface area contributed by atoms with Crippen molar-refractivity contribution >= 4 is 17.2 Å². The molecular weight excluding hydrogens is 340 g/mol. The highest BCUT2D eigenvalue weighted by Crippen LogP contribution is 2.23. The van der Waals surface area contributed by atoms with E-state index in [1.807, 2.05) is 19.1 Å². The van der Waals surface area contributed by atoms with Gasteiger partial charge in [0.25, 0.3) is 5.91 Å². The molecule has 5 heteroatoms. The van der Waals surface area contributed by atoms with Crippen LogP contribution in [0.15, 0.2) is 54.6 Å². The lowest BCUT2D eigenvalue weighted by Crippen LogP contribution is -2.26. The van der Waals surface area contributed by atoms with Crippen LogP contribution in [-0.4, -0.2) is 12.5 Å². The molecule has 1 N–H and O–H groups in total. The summed E-state index contributed by atoms with van der Waals surface area (Å²) in [4.78, 5) is 14.7. The van der Waals surface area contributed by atoms with Crippen molar-refractivity contribution in [2.24, 2.45) is 0 Å². The van der Waals surface area contributed by atoms with E-state index in [4.69, 9.17) is 0 Å². The average Bonchev–Trinajstić information content (AvgIpc) is 3.00. The van der Waals surface area contributed by atoms with E-state index in [1.165, 1.54) is 40.1 Å². The Morgan fingerprint density at radius 1 is 1.04 bits per heavy atom. The largest absolute Gasteiger partial charge is 0.352 e. The predicted octanol–water partition coefficient (Wildman–Crippen LogP) is 4.97. The molecule has 25 heavy (non-hydrogen) atoms. The molecule has 0 spiro atoms. The number of carbonyl (C=O) groups excluding carboxylic acids is 1. The minimum Gasteiger partial charge on any atom is -0.352 e. The molecule has 3 aromatic rings. The zero-order chi connectivity index (χ0) is 17.8. The number of thiophene rings is 1. The maximum absolute atomic E-state index is 14.0. The van der Waals surface area contributed by atoms with Crippen LogP contribution in [0.25, 0.3) is 11.1 Å². The molecule has 1 aromatic heterocycles. The minimum absolute atomic E-state index is 0.0379. The monoisotopic (exact) mass is 357 g/mol. The number of hydrogen-bond donors (Lipinski definition) is 1. The fourth-order valence-corrected chi connectivity index (χ4v) is 3.45. The topological polar surface area (TPSA) is 29.1 Å². The van der Waals surface area contributed by atoms with Gasteiger partial charge in [-0.1, -0.05) is 18.2 Å². The van der Waals surface area contributed by atoms with E-state index in [0.717, 1.165) is 0 Å². The van der Waals surface area contributed by atoms with Gasteiger partial charge >= 0.3 is 0 Å². The molecule has 0 bridgehead atoms. The van der Waals surface area contributed by atoms with Gasteiger partial charge in [-0.2, -0.15) is 0 Å². The van der Waals surface area contributed by atoms with Gasteiger partial charge in [-0.05, 0) is 60.9 Å². The SMILES string of the molecule is Cc1ccc(CCNC(=O)c2cc(-c3cccc(F)c3)ccc2F)s1. The molecule has 1 heterocycles. The second kappa shape index (κ2) is 7.57. The van der Waals surface area contributed by atoms with Crippen molar-refractivity contribution in [2.75, 3.05) is 6.54 Å². The van der Waals surface area contributed by atoms with Crippen LogP contribution >= 0.6 is 11.3 Å². The van der Waals surface area contributed by atoms with Crippen LogP contribution in [0.1, 0.15) is 20.1 Å². The minimum atomic E-state index is -0.593. The Labute approximate surface area is 149 Å². The first-order chi connectivity index (χ1) is 12.0. The van der Waals surface area contributed by atoms with Crippen molar-refractivity contribution < 1.29 is 13.6 Å². The van der Waals surface area contributed by atoms with Crippen LogP contribution < -0.4 is 5.32 Å². The normalized spacial score (nSPS) is 10.7. The van der Waals surface area contributed by atoms with Crippen LogP contribution in [-0.2, 0) is 6.42 Å². The van der Waals surface area contributed by atoms with Crippen LogP contribution in [0.3, 0.4) is 0 Å².